The minimum Gasteiger partial charge on any atom is -0.454 e. The van der Waals surface area contributed by atoms with E-state index in [1.807, 2.05) is 18.2 Å². The van der Waals surface area contributed by atoms with Crippen molar-refractivity contribution in [3.63, 3.8) is 0 Å². The third-order valence-corrected chi connectivity index (χ3v) is 3.60. The molecule has 1 fully saturated rings. The fraction of sp³-hybridized carbons (Fsp3) is 0.438. The molecule has 1 aromatic carbocycles. The predicted octanol–water partition coefficient (Wildman–Crippen LogP) is 3.98. The van der Waals surface area contributed by atoms with Crippen LogP contribution in [0.1, 0.15) is 42.5 Å². The second kappa shape index (κ2) is 6.39. The van der Waals surface area contributed by atoms with Crippen LogP contribution in [0.4, 0.5) is 0 Å². The van der Waals surface area contributed by atoms with E-state index in [1.165, 1.54) is 19.3 Å². The molecule has 1 saturated carbocycles. The van der Waals surface area contributed by atoms with Crippen LogP contribution in [0, 0.1) is 5.92 Å². The number of benzene rings is 1. The van der Waals surface area contributed by atoms with Crippen molar-refractivity contribution >= 4 is 5.97 Å². The Balaban J connectivity index is 1.97. The van der Waals surface area contributed by atoms with Gasteiger partial charge in [0.15, 0.2) is 0 Å². The first-order valence-electron chi connectivity index (χ1n) is 6.70. The van der Waals surface area contributed by atoms with Crippen molar-refractivity contribution in [3.8, 4) is 0 Å². The summed E-state index contributed by atoms with van der Waals surface area (Å²) in [5, 5.41) is 0. The molecule has 0 aromatic heterocycles. The zero-order chi connectivity index (χ0) is 12.8. The molecule has 0 amide bonds. The molecule has 1 atom stereocenters. The van der Waals surface area contributed by atoms with Crippen molar-refractivity contribution in [1.29, 1.82) is 0 Å². The molecule has 1 aliphatic carbocycles. The van der Waals surface area contributed by atoms with Gasteiger partial charge in [-0.05, 0) is 30.9 Å². The maximum atomic E-state index is 12.0. The molecule has 0 bridgehead atoms. The molecule has 96 valence electrons. The van der Waals surface area contributed by atoms with Crippen LogP contribution in [-0.4, -0.2) is 12.1 Å². The maximum absolute atomic E-state index is 12.0. The van der Waals surface area contributed by atoms with Crippen molar-refractivity contribution < 1.29 is 9.53 Å². The van der Waals surface area contributed by atoms with Gasteiger partial charge in [-0.25, -0.2) is 4.79 Å². The van der Waals surface area contributed by atoms with E-state index in [1.54, 1.807) is 18.2 Å². The second-order valence-corrected chi connectivity index (χ2v) is 4.87. The zero-order valence-corrected chi connectivity index (χ0v) is 10.7. The third-order valence-electron chi connectivity index (χ3n) is 3.60. The van der Waals surface area contributed by atoms with Gasteiger partial charge in [-0.15, -0.1) is 0 Å². The molecule has 2 rings (SSSR count). The number of esters is 1. The highest BCUT2D eigenvalue weighted by atomic mass is 16.5. The first-order chi connectivity index (χ1) is 8.81. The second-order valence-electron chi connectivity index (χ2n) is 4.87. The van der Waals surface area contributed by atoms with E-state index in [0.717, 1.165) is 12.8 Å². The monoisotopic (exact) mass is 244 g/mol. The number of carbonyl (C=O) groups is 1. The number of rotatable bonds is 4. The average molecular weight is 244 g/mol. The highest BCUT2D eigenvalue weighted by molar-refractivity contribution is 5.89. The van der Waals surface area contributed by atoms with Gasteiger partial charge in [-0.1, -0.05) is 50.1 Å². The Labute approximate surface area is 109 Å². The van der Waals surface area contributed by atoms with Crippen molar-refractivity contribution in [2.45, 2.75) is 38.2 Å². The van der Waals surface area contributed by atoms with E-state index in [9.17, 15) is 4.79 Å². The molecule has 18 heavy (non-hydrogen) atoms. The highest BCUT2D eigenvalue weighted by Crippen LogP contribution is 2.28. The Morgan fingerprint density at radius 1 is 1.22 bits per heavy atom. The summed E-state index contributed by atoms with van der Waals surface area (Å²) in [7, 11) is 0. The van der Waals surface area contributed by atoms with Gasteiger partial charge < -0.3 is 4.74 Å². The van der Waals surface area contributed by atoms with E-state index in [0.29, 0.717) is 11.5 Å². The van der Waals surface area contributed by atoms with Crippen molar-refractivity contribution in [2.24, 2.45) is 5.92 Å². The van der Waals surface area contributed by atoms with Crippen molar-refractivity contribution in [3.05, 3.63) is 48.6 Å². The van der Waals surface area contributed by atoms with Gasteiger partial charge in [0.25, 0.3) is 0 Å². The SMILES string of the molecule is C=C[C@@H](OC(=O)c1ccccc1)C1CCCCC1. The Hall–Kier alpha value is -1.57. The zero-order valence-electron chi connectivity index (χ0n) is 10.7. The van der Waals surface area contributed by atoms with E-state index in [4.69, 9.17) is 4.74 Å². The Bertz CT molecular complexity index is 391. The molecule has 0 radical (unpaired) electrons. The fourth-order valence-electron chi connectivity index (χ4n) is 2.57. The predicted molar refractivity (Wildman–Crippen MR) is 72.4 cm³/mol. The summed E-state index contributed by atoms with van der Waals surface area (Å²) >= 11 is 0. The molecule has 1 aromatic rings. The number of hydrogen-bond donors (Lipinski definition) is 0. The quantitative estimate of drug-likeness (QED) is 0.591. The van der Waals surface area contributed by atoms with Crippen LogP contribution in [0.5, 0.6) is 0 Å². The molecular formula is C16H20O2. The van der Waals surface area contributed by atoms with Crippen molar-refractivity contribution in [1.82, 2.24) is 0 Å². The molecule has 1 aliphatic rings. The van der Waals surface area contributed by atoms with Crippen LogP contribution in [0.15, 0.2) is 43.0 Å². The molecule has 2 nitrogen and oxygen atoms in total. The highest BCUT2D eigenvalue weighted by Gasteiger charge is 2.24. The largest absolute Gasteiger partial charge is 0.454 e. The van der Waals surface area contributed by atoms with Crippen LogP contribution in [-0.2, 0) is 4.74 Å². The molecule has 0 saturated heterocycles. The van der Waals surface area contributed by atoms with Crippen LogP contribution < -0.4 is 0 Å². The number of ether oxygens (including phenoxy) is 1. The Morgan fingerprint density at radius 2 is 1.89 bits per heavy atom. The Morgan fingerprint density at radius 3 is 2.50 bits per heavy atom. The summed E-state index contributed by atoms with van der Waals surface area (Å²) in [6.07, 6.45) is 7.68. The van der Waals surface area contributed by atoms with Gasteiger partial charge in [0.1, 0.15) is 6.10 Å². The van der Waals surface area contributed by atoms with Crippen LogP contribution in [0.25, 0.3) is 0 Å². The minimum atomic E-state index is -0.244. The number of carbonyl (C=O) groups excluding carboxylic acids is 1. The van der Waals surface area contributed by atoms with E-state index < -0.39 is 0 Å². The lowest BCUT2D eigenvalue weighted by atomic mass is 9.85. The normalized spacial score (nSPS) is 18.0. The lowest BCUT2D eigenvalue weighted by Gasteiger charge is -2.27. The number of hydrogen-bond acceptors (Lipinski definition) is 2. The van der Waals surface area contributed by atoms with Crippen LogP contribution in [0.2, 0.25) is 0 Å². The fourth-order valence-corrected chi connectivity index (χ4v) is 2.57. The van der Waals surface area contributed by atoms with Crippen LogP contribution >= 0.6 is 0 Å². The van der Waals surface area contributed by atoms with E-state index >= 15 is 0 Å². The lowest BCUT2D eigenvalue weighted by molar-refractivity contribution is 0.0227. The summed E-state index contributed by atoms with van der Waals surface area (Å²) in [5.74, 6) is 0.204. The summed E-state index contributed by atoms with van der Waals surface area (Å²) < 4.78 is 5.57. The summed E-state index contributed by atoms with van der Waals surface area (Å²) in [5.41, 5.74) is 0.611. The van der Waals surface area contributed by atoms with Gasteiger partial charge in [-0.3, -0.25) is 0 Å². The summed E-state index contributed by atoms with van der Waals surface area (Å²) in [4.78, 5) is 12.0. The van der Waals surface area contributed by atoms with Gasteiger partial charge >= 0.3 is 5.97 Å². The van der Waals surface area contributed by atoms with Crippen LogP contribution in [0.3, 0.4) is 0 Å². The van der Waals surface area contributed by atoms with E-state index in [-0.39, 0.29) is 12.1 Å². The molecule has 0 aliphatic heterocycles. The first kappa shape index (κ1) is 12.9. The topological polar surface area (TPSA) is 26.3 Å². The smallest absolute Gasteiger partial charge is 0.338 e. The Kier molecular flexibility index (Phi) is 4.57. The molecule has 2 heteroatoms. The van der Waals surface area contributed by atoms with Gasteiger partial charge in [-0.2, -0.15) is 0 Å². The van der Waals surface area contributed by atoms with Gasteiger partial charge in [0, 0.05) is 0 Å². The third kappa shape index (κ3) is 3.22. The molecule has 0 unspecified atom stereocenters. The van der Waals surface area contributed by atoms with E-state index in [2.05, 4.69) is 6.58 Å². The summed E-state index contributed by atoms with van der Waals surface area (Å²) in [6.45, 7) is 3.81. The van der Waals surface area contributed by atoms with Gasteiger partial charge in [0.2, 0.25) is 0 Å². The molecule has 0 spiro atoms. The van der Waals surface area contributed by atoms with Crippen molar-refractivity contribution in [2.75, 3.05) is 0 Å². The summed E-state index contributed by atoms with van der Waals surface area (Å²) in [6, 6.07) is 9.15. The molecule has 0 heterocycles. The minimum absolute atomic E-state index is 0.141. The average Bonchev–Trinajstić information content (AvgIpc) is 2.46. The first-order valence-corrected chi connectivity index (χ1v) is 6.70. The standard InChI is InChI=1S/C16H20O2/c1-2-15(13-9-5-3-6-10-13)18-16(17)14-11-7-4-8-12-14/h2,4,7-8,11-13,15H,1,3,5-6,9-10H2/t15-/m1/s1. The lowest BCUT2D eigenvalue weighted by Crippen LogP contribution is -2.26. The molecular weight excluding hydrogens is 224 g/mol. The van der Waals surface area contributed by atoms with Gasteiger partial charge in [0.05, 0.1) is 5.56 Å². The maximum Gasteiger partial charge on any atom is 0.338 e. The molecule has 0 N–H and O–H groups in total.